The summed E-state index contributed by atoms with van der Waals surface area (Å²) >= 11 is 11.0. The van der Waals surface area contributed by atoms with Gasteiger partial charge in [-0.05, 0) is 48.4 Å². The number of benzene rings is 3. The lowest BCUT2D eigenvalue weighted by atomic mass is 9.93. The van der Waals surface area contributed by atoms with E-state index in [0.717, 1.165) is 15.6 Å². The highest BCUT2D eigenvalue weighted by atomic mass is 79.9. The highest BCUT2D eigenvalue weighted by molar-refractivity contribution is 9.10. The molecule has 1 aromatic heterocycles. The van der Waals surface area contributed by atoms with Gasteiger partial charge in [0.15, 0.2) is 16.3 Å². The molecule has 0 saturated heterocycles. The van der Waals surface area contributed by atoms with Crippen molar-refractivity contribution in [1.82, 2.24) is 4.57 Å². The first-order chi connectivity index (χ1) is 18.9. The Morgan fingerprint density at radius 1 is 1.15 bits per heavy atom. The van der Waals surface area contributed by atoms with E-state index in [0.29, 0.717) is 37.1 Å². The Labute approximate surface area is 240 Å². The largest absolute Gasteiger partial charge is 0.463 e. The maximum absolute atomic E-state index is 14.0. The Bertz CT molecular complexity index is 1810. The number of carbonyl (C=O) groups excluding carboxylic acids is 1. The van der Waals surface area contributed by atoms with Crippen LogP contribution in [0, 0.1) is 0 Å². The molecule has 3 aromatic carbocycles. The van der Waals surface area contributed by atoms with Crippen LogP contribution in [0.2, 0.25) is 5.02 Å². The summed E-state index contributed by atoms with van der Waals surface area (Å²) in [5, 5.41) is 0.545. The predicted octanol–water partition coefficient (Wildman–Crippen LogP) is 5.08. The molecule has 0 radical (unpaired) electrons. The predicted molar refractivity (Wildman–Crippen MR) is 153 cm³/mol. The Morgan fingerprint density at radius 2 is 1.87 bits per heavy atom. The van der Waals surface area contributed by atoms with Crippen molar-refractivity contribution in [1.29, 1.82) is 0 Å². The molecule has 0 saturated carbocycles. The van der Waals surface area contributed by atoms with Crippen molar-refractivity contribution in [3.05, 3.63) is 118 Å². The number of nitrogens with zero attached hydrogens (tertiary/aromatic N) is 2. The summed E-state index contributed by atoms with van der Waals surface area (Å²) < 4.78 is 19.2. The van der Waals surface area contributed by atoms with Crippen molar-refractivity contribution in [3.63, 3.8) is 0 Å². The van der Waals surface area contributed by atoms with Crippen LogP contribution < -0.4 is 24.4 Å². The van der Waals surface area contributed by atoms with Crippen molar-refractivity contribution in [2.24, 2.45) is 4.99 Å². The highest BCUT2D eigenvalue weighted by Gasteiger charge is 2.35. The standard InChI is InChI=1S/C29H20BrClN2O5S/c1-2-36-28(35)24-25(16-6-4-3-5-7-16)32-29-33(26(24)17-8-10-19(31)11-9-17)27(34)23(39-29)13-18-12-21-22(14-20(18)30)38-15-37-21/h3-14,26H,2,15H2,1H3/b23-13-. The zero-order chi connectivity index (χ0) is 27.1. The van der Waals surface area contributed by atoms with Crippen LogP contribution in [0.3, 0.4) is 0 Å². The average Bonchev–Trinajstić information content (AvgIpc) is 3.52. The third-order valence-corrected chi connectivity index (χ3v) is 8.26. The van der Waals surface area contributed by atoms with Gasteiger partial charge in [0.05, 0.1) is 28.5 Å². The Kier molecular flexibility index (Phi) is 6.88. The van der Waals surface area contributed by atoms with Crippen LogP contribution in [0.15, 0.2) is 86.6 Å². The molecule has 39 heavy (non-hydrogen) atoms. The second kappa shape index (κ2) is 10.5. The molecule has 0 fully saturated rings. The van der Waals surface area contributed by atoms with E-state index in [1.807, 2.05) is 54.6 Å². The molecule has 2 aliphatic rings. The van der Waals surface area contributed by atoms with Gasteiger partial charge in [0.1, 0.15) is 0 Å². The third-order valence-electron chi connectivity index (χ3n) is 6.34. The van der Waals surface area contributed by atoms with Crippen LogP contribution in [-0.2, 0) is 9.53 Å². The Balaban J connectivity index is 1.63. The summed E-state index contributed by atoms with van der Waals surface area (Å²) in [4.78, 5) is 32.8. The number of carbonyl (C=O) groups is 1. The van der Waals surface area contributed by atoms with Crippen LogP contribution in [0.5, 0.6) is 11.5 Å². The number of halogens is 2. The van der Waals surface area contributed by atoms with E-state index in [4.69, 9.17) is 30.8 Å². The molecule has 6 rings (SSSR count). The maximum atomic E-state index is 14.0. The zero-order valence-electron chi connectivity index (χ0n) is 20.5. The lowest BCUT2D eigenvalue weighted by Crippen LogP contribution is -2.40. The molecule has 7 nitrogen and oxygen atoms in total. The molecule has 4 aromatic rings. The van der Waals surface area contributed by atoms with Gasteiger partial charge in [0, 0.05) is 15.1 Å². The van der Waals surface area contributed by atoms with Gasteiger partial charge in [-0.1, -0.05) is 81.3 Å². The van der Waals surface area contributed by atoms with Gasteiger partial charge < -0.3 is 14.2 Å². The summed E-state index contributed by atoms with van der Waals surface area (Å²) in [6.07, 6.45) is 1.78. The molecule has 0 aliphatic carbocycles. The first-order valence-electron chi connectivity index (χ1n) is 12.1. The third kappa shape index (κ3) is 4.71. The number of ether oxygens (including phenoxy) is 3. The fraction of sp³-hybridized carbons (Fsp3) is 0.138. The topological polar surface area (TPSA) is 79.1 Å². The van der Waals surface area contributed by atoms with E-state index in [-0.39, 0.29) is 24.5 Å². The molecule has 1 unspecified atom stereocenters. The summed E-state index contributed by atoms with van der Waals surface area (Å²) in [5.74, 6) is 0.704. The van der Waals surface area contributed by atoms with Crippen LogP contribution in [0.1, 0.15) is 29.7 Å². The summed E-state index contributed by atoms with van der Waals surface area (Å²) in [5.41, 5.74) is 2.68. The van der Waals surface area contributed by atoms with Gasteiger partial charge in [-0.15, -0.1) is 0 Å². The van der Waals surface area contributed by atoms with Gasteiger partial charge in [0.25, 0.3) is 5.56 Å². The van der Waals surface area contributed by atoms with Crippen LogP contribution in [0.25, 0.3) is 11.8 Å². The van der Waals surface area contributed by atoms with Crippen molar-refractivity contribution in [2.45, 2.75) is 13.0 Å². The second-order valence-electron chi connectivity index (χ2n) is 8.71. The Hall–Kier alpha value is -3.66. The molecular weight excluding hydrogens is 604 g/mol. The van der Waals surface area contributed by atoms with Gasteiger partial charge in [0.2, 0.25) is 6.79 Å². The van der Waals surface area contributed by atoms with Crippen molar-refractivity contribution in [3.8, 4) is 11.5 Å². The van der Waals surface area contributed by atoms with Gasteiger partial charge >= 0.3 is 5.97 Å². The molecule has 196 valence electrons. The minimum atomic E-state index is -0.768. The minimum absolute atomic E-state index is 0.146. The number of hydrogen-bond acceptors (Lipinski definition) is 7. The summed E-state index contributed by atoms with van der Waals surface area (Å²) in [6, 6.07) is 19.4. The molecule has 0 bridgehead atoms. The number of thiazole rings is 1. The molecule has 3 heterocycles. The average molecular weight is 624 g/mol. The second-order valence-corrected chi connectivity index (χ2v) is 11.0. The van der Waals surface area contributed by atoms with E-state index in [9.17, 15) is 9.59 Å². The SMILES string of the molecule is CCOC(=O)C1=C(c2ccccc2)N=c2s/c(=C\c3cc4c(cc3Br)OCO4)c(=O)n2C1c1ccc(Cl)cc1. The lowest BCUT2D eigenvalue weighted by Gasteiger charge is -2.25. The number of fused-ring (bicyclic) bond motifs is 2. The molecular formula is C29H20BrClN2O5S. The van der Waals surface area contributed by atoms with E-state index >= 15 is 0 Å². The fourth-order valence-corrected chi connectivity index (χ4v) is 6.14. The van der Waals surface area contributed by atoms with Crippen molar-refractivity contribution in [2.75, 3.05) is 13.4 Å². The summed E-state index contributed by atoms with van der Waals surface area (Å²) in [7, 11) is 0. The fourth-order valence-electron chi connectivity index (χ4n) is 4.59. The quantitative estimate of drug-likeness (QED) is 0.290. The van der Waals surface area contributed by atoms with Crippen LogP contribution >= 0.6 is 38.9 Å². The van der Waals surface area contributed by atoms with E-state index in [1.54, 1.807) is 29.7 Å². The van der Waals surface area contributed by atoms with E-state index < -0.39 is 12.0 Å². The number of rotatable bonds is 5. The maximum Gasteiger partial charge on any atom is 0.338 e. The van der Waals surface area contributed by atoms with Crippen molar-refractivity contribution < 1.29 is 19.0 Å². The normalized spacial score (nSPS) is 16.2. The van der Waals surface area contributed by atoms with Crippen LogP contribution in [-0.4, -0.2) is 23.9 Å². The first-order valence-corrected chi connectivity index (χ1v) is 14.1. The first kappa shape index (κ1) is 25.6. The molecule has 0 amide bonds. The number of hydrogen-bond donors (Lipinski definition) is 0. The monoisotopic (exact) mass is 622 g/mol. The summed E-state index contributed by atoms with van der Waals surface area (Å²) in [6.45, 7) is 2.07. The minimum Gasteiger partial charge on any atom is -0.463 e. The number of aromatic nitrogens is 1. The smallest absolute Gasteiger partial charge is 0.338 e. The molecule has 1 atom stereocenters. The molecule has 10 heteroatoms. The Morgan fingerprint density at radius 3 is 2.59 bits per heavy atom. The molecule has 0 N–H and O–H groups in total. The molecule has 2 aliphatic heterocycles. The van der Waals surface area contributed by atoms with Crippen LogP contribution in [0.4, 0.5) is 0 Å². The van der Waals surface area contributed by atoms with Gasteiger partial charge in [-0.2, -0.15) is 0 Å². The van der Waals surface area contributed by atoms with Crippen molar-refractivity contribution >= 4 is 56.6 Å². The van der Waals surface area contributed by atoms with Gasteiger partial charge in [-0.3, -0.25) is 9.36 Å². The number of esters is 1. The lowest BCUT2D eigenvalue weighted by molar-refractivity contribution is -0.138. The highest BCUT2D eigenvalue weighted by Crippen LogP contribution is 2.38. The van der Waals surface area contributed by atoms with E-state index in [1.165, 1.54) is 11.3 Å². The van der Waals surface area contributed by atoms with Gasteiger partial charge in [-0.25, -0.2) is 9.79 Å². The molecule has 0 spiro atoms. The van der Waals surface area contributed by atoms with E-state index in [2.05, 4.69) is 15.9 Å². The zero-order valence-corrected chi connectivity index (χ0v) is 23.7.